The summed E-state index contributed by atoms with van der Waals surface area (Å²) < 4.78 is 5.55. The zero-order chi connectivity index (χ0) is 13.4. The lowest BCUT2D eigenvalue weighted by Crippen LogP contribution is -2.27. The Morgan fingerprint density at radius 3 is 2.39 bits per heavy atom. The molecule has 1 aromatic carbocycles. The number of rotatable bonds is 8. The van der Waals surface area contributed by atoms with Crippen molar-refractivity contribution >= 4 is 5.69 Å². The molecule has 0 saturated heterocycles. The summed E-state index contributed by atoms with van der Waals surface area (Å²) in [6.45, 7) is 8.94. The van der Waals surface area contributed by atoms with Gasteiger partial charge in [0.15, 0.2) is 0 Å². The van der Waals surface area contributed by atoms with Gasteiger partial charge >= 0.3 is 0 Å². The average Bonchev–Trinajstić information content (AvgIpc) is 2.38. The van der Waals surface area contributed by atoms with Crippen LogP contribution in [0.4, 0.5) is 5.69 Å². The predicted molar refractivity (Wildman–Crippen MR) is 78.1 cm³/mol. The molecule has 0 radical (unpaired) electrons. The highest BCUT2D eigenvalue weighted by Gasteiger charge is 2.10. The van der Waals surface area contributed by atoms with E-state index in [2.05, 4.69) is 38.2 Å². The molecule has 1 atom stereocenters. The lowest BCUT2D eigenvalue weighted by molar-refractivity contribution is 0.317. The van der Waals surface area contributed by atoms with Crippen molar-refractivity contribution in [2.75, 3.05) is 25.0 Å². The molecule has 1 aromatic rings. The van der Waals surface area contributed by atoms with Gasteiger partial charge in [-0.25, -0.2) is 0 Å². The Bertz CT molecular complexity index is 322. The first-order valence-electron chi connectivity index (χ1n) is 6.84. The molecule has 0 heterocycles. The van der Waals surface area contributed by atoms with Gasteiger partial charge in [-0.2, -0.15) is 0 Å². The second-order valence-electron chi connectivity index (χ2n) is 4.99. The molecule has 3 heteroatoms. The number of ether oxygens (including phenoxy) is 1. The molecule has 102 valence electrons. The number of nitrogens with two attached hydrogens (primary N) is 1. The smallest absolute Gasteiger partial charge is 0.119 e. The molecular formula is C15H26N2O. The molecule has 0 aliphatic rings. The monoisotopic (exact) mass is 250 g/mol. The third kappa shape index (κ3) is 4.96. The summed E-state index contributed by atoms with van der Waals surface area (Å²) in [4.78, 5) is 0. The van der Waals surface area contributed by atoms with Gasteiger partial charge in [0, 0.05) is 12.2 Å². The third-order valence-electron chi connectivity index (χ3n) is 3.14. The van der Waals surface area contributed by atoms with Gasteiger partial charge in [-0.15, -0.1) is 0 Å². The van der Waals surface area contributed by atoms with E-state index >= 15 is 0 Å². The Morgan fingerprint density at radius 1 is 1.22 bits per heavy atom. The molecule has 18 heavy (non-hydrogen) atoms. The molecular weight excluding hydrogens is 224 g/mol. The lowest BCUT2D eigenvalue weighted by atomic mass is 9.96. The van der Waals surface area contributed by atoms with Gasteiger partial charge in [-0.05, 0) is 49.1 Å². The Balaban J connectivity index is 2.43. The fraction of sp³-hybridized carbons (Fsp3) is 0.600. The summed E-state index contributed by atoms with van der Waals surface area (Å²) in [5.41, 5.74) is 6.88. The summed E-state index contributed by atoms with van der Waals surface area (Å²) in [5, 5.41) is 3.42. The van der Waals surface area contributed by atoms with Crippen molar-refractivity contribution in [3.05, 3.63) is 24.3 Å². The maximum atomic E-state index is 5.76. The van der Waals surface area contributed by atoms with E-state index in [4.69, 9.17) is 10.5 Å². The number of benzene rings is 1. The molecule has 3 nitrogen and oxygen atoms in total. The highest BCUT2D eigenvalue weighted by atomic mass is 16.5. The maximum absolute atomic E-state index is 5.76. The number of nitrogens with one attached hydrogen (secondary N) is 1. The van der Waals surface area contributed by atoms with Crippen LogP contribution in [0.2, 0.25) is 0 Å². The van der Waals surface area contributed by atoms with E-state index in [9.17, 15) is 0 Å². The molecule has 1 unspecified atom stereocenters. The summed E-state index contributed by atoms with van der Waals surface area (Å²) in [6, 6.07) is 8.12. The van der Waals surface area contributed by atoms with Gasteiger partial charge in [0.25, 0.3) is 0 Å². The zero-order valence-electron chi connectivity index (χ0n) is 11.8. The van der Waals surface area contributed by atoms with E-state index in [0.29, 0.717) is 11.8 Å². The summed E-state index contributed by atoms with van der Waals surface area (Å²) in [6.07, 6.45) is 1.03. The molecule has 0 bridgehead atoms. The van der Waals surface area contributed by atoms with Crippen LogP contribution in [0.3, 0.4) is 0 Å². The van der Waals surface area contributed by atoms with Crippen LogP contribution in [-0.4, -0.2) is 19.7 Å². The molecule has 0 aliphatic heterocycles. The summed E-state index contributed by atoms with van der Waals surface area (Å²) in [7, 11) is 0. The van der Waals surface area contributed by atoms with Crippen molar-refractivity contribution < 1.29 is 4.74 Å². The Kier molecular flexibility index (Phi) is 6.58. The minimum atomic E-state index is 0.515. The fourth-order valence-electron chi connectivity index (χ4n) is 1.73. The zero-order valence-corrected chi connectivity index (χ0v) is 11.8. The fourth-order valence-corrected chi connectivity index (χ4v) is 1.73. The Hall–Kier alpha value is -1.22. The first-order chi connectivity index (χ1) is 8.67. The van der Waals surface area contributed by atoms with E-state index in [1.807, 2.05) is 12.1 Å². The van der Waals surface area contributed by atoms with Gasteiger partial charge in [0.2, 0.25) is 0 Å². The number of anilines is 1. The van der Waals surface area contributed by atoms with Gasteiger partial charge in [0.1, 0.15) is 5.75 Å². The third-order valence-corrected chi connectivity index (χ3v) is 3.14. The second-order valence-corrected chi connectivity index (χ2v) is 4.99. The minimum absolute atomic E-state index is 0.515. The average molecular weight is 250 g/mol. The van der Waals surface area contributed by atoms with Crippen LogP contribution in [0.15, 0.2) is 24.3 Å². The van der Waals surface area contributed by atoms with E-state index < -0.39 is 0 Å². The minimum Gasteiger partial charge on any atom is -0.494 e. The molecule has 0 spiro atoms. The maximum Gasteiger partial charge on any atom is 0.119 e. The quantitative estimate of drug-likeness (QED) is 0.745. The van der Waals surface area contributed by atoms with Crippen LogP contribution in [0, 0.1) is 11.8 Å². The standard InChI is InChI=1S/C15H26N2O/c1-4-9-18-15-7-5-14(6-8-15)17-11-13(10-16)12(2)3/h5-8,12-13,17H,4,9-11,16H2,1-3H3. The van der Waals surface area contributed by atoms with Gasteiger partial charge in [-0.1, -0.05) is 20.8 Å². The lowest BCUT2D eigenvalue weighted by Gasteiger charge is -2.20. The molecule has 3 N–H and O–H groups in total. The van der Waals surface area contributed by atoms with Crippen LogP contribution in [0.5, 0.6) is 5.75 Å². The highest BCUT2D eigenvalue weighted by Crippen LogP contribution is 2.17. The van der Waals surface area contributed by atoms with Crippen LogP contribution >= 0.6 is 0 Å². The van der Waals surface area contributed by atoms with E-state index in [1.165, 1.54) is 0 Å². The van der Waals surface area contributed by atoms with Crippen LogP contribution in [0.25, 0.3) is 0 Å². The Labute approximate surface area is 111 Å². The van der Waals surface area contributed by atoms with Crippen molar-refractivity contribution in [3.8, 4) is 5.75 Å². The van der Waals surface area contributed by atoms with E-state index in [1.54, 1.807) is 0 Å². The molecule has 0 amide bonds. The van der Waals surface area contributed by atoms with Crippen molar-refractivity contribution in [1.82, 2.24) is 0 Å². The molecule has 0 saturated carbocycles. The normalized spacial score (nSPS) is 12.5. The molecule has 0 aliphatic carbocycles. The van der Waals surface area contributed by atoms with Crippen molar-refractivity contribution in [2.45, 2.75) is 27.2 Å². The molecule has 1 rings (SSSR count). The predicted octanol–water partition coefficient (Wildman–Crippen LogP) is 3.12. The summed E-state index contributed by atoms with van der Waals surface area (Å²) >= 11 is 0. The number of hydrogen-bond donors (Lipinski definition) is 2. The SMILES string of the molecule is CCCOc1ccc(NCC(CN)C(C)C)cc1. The van der Waals surface area contributed by atoms with Crippen LogP contribution < -0.4 is 15.8 Å². The van der Waals surface area contributed by atoms with E-state index in [0.717, 1.165) is 37.6 Å². The van der Waals surface area contributed by atoms with Gasteiger partial charge < -0.3 is 15.8 Å². The van der Waals surface area contributed by atoms with Gasteiger partial charge in [-0.3, -0.25) is 0 Å². The van der Waals surface area contributed by atoms with Crippen molar-refractivity contribution in [1.29, 1.82) is 0 Å². The first kappa shape index (κ1) is 14.8. The largest absolute Gasteiger partial charge is 0.494 e. The van der Waals surface area contributed by atoms with Crippen molar-refractivity contribution in [2.24, 2.45) is 17.6 Å². The van der Waals surface area contributed by atoms with Crippen LogP contribution in [-0.2, 0) is 0 Å². The van der Waals surface area contributed by atoms with E-state index in [-0.39, 0.29) is 0 Å². The van der Waals surface area contributed by atoms with Crippen LogP contribution in [0.1, 0.15) is 27.2 Å². The molecule has 0 fully saturated rings. The molecule has 0 aromatic heterocycles. The van der Waals surface area contributed by atoms with Gasteiger partial charge in [0.05, 0.1) is 6.61 Å². The second kappa shape index (κ2) is 7.98. The first-order valence-corrected chi connectivity index (χ1v) is 6.84. The summed E-state index contributed by atoms with van der Waals surface area (Å²) in [5.74, 6) is 2.05. The Morgan fingerprint density at radius 2 is 1.89 bits per heavy atom. The number of hydrogen-bond acceptors (Lipinski definition) is 3. The van der Waals surface area contributed by atoms with Crippen molar-refractivity contribution in [3.63, 3.8) is 0 Å². The highest BCUT2D eigenvalue weighted by molar-refractivity contribution is 5.46. The topological polar surface area (TPSA) is 47.3 Å².